The Bertz CT molecular complexity index is 186. The lowest BCUT2D eigenvalue weighted by atomic mass is 10.4. The van der Waals surface area contributed by atoms with E-state index in [0.29, 0.717) is 13.2 Å². The molecule has 0 aliphatic carbocycles. The van der Waals surface area contributed by atoms with Crippen LogP contribution in [0.3, 0.4) is 0 Å². The Hall–Kier alpha value is -0.970. The van der Waals surface area contributed by atoms with Crippen LogP contribution < -0.4 is 5.32 Å². The average molecular weight is 235 g/mol. The van der Waals surface area contributed by atoms with Crippen LogP contribution in [0.5, 0.6) is 0 Å². The maximum absolute atomic E-state index is 11.7. The van der Waals surface area contributed by atoms with Crippen molar-refractivity contribution in [1.29, 1.82) is 0 Å². The molecule has 0 fully saturated rings. The fourth-order valence-corrected chi connectivity index (χ4v) is 0.800. The zero-order valence-corrected chi connectivity index (χ0v) is 10.3. The van der Waals surface area contributed by atoms with Crippen LogP contribution in [0.4, 0.5) is 4.39 Å². The number of carbonyl (C=O) groups excluding carboxylic acids is 2. The molecule has 5 heteroatoms. The van der Waals surface area contributed by atoms with Gasteiger partial charge in [-0.3, -0.25) is 9.59 Å². The second kappa shape index (κ2) is 14.0. The Balaban J connectivity index is 0. The summed E-state index contributed by atoms with van der Waals surface area (Å²) in [4.78, 5) is 20.8. The van der Waals surface area contributed by atoms with Crippen LogP contribution in [0.25, 0.3) is 0 Å². The molecule has 16 heavy (non-hydrogen) atoms. The third-order valence-corrected chi connectivity index (χ3v) is 1.47. The predicted molar refractivity (Wildman–Crippen MR) is 60.8 cm³/mol. The first-order chi connectivity index (χ1) is 7.66. The number of nitrogens with one attached hydrogen (secondary N) is 1. The van der Waals surface area contributed by atoms with Crippen molar-refractivity contribution in [2.75, 3.05) is 19.8 Å². The standard InChI is InChI=1S/C9H16FNO3.C2H6/c1-2-6-14-7-4-9(13)11-5-3-8(10)12;1-2/h2-7H2,1H3,(H,11,13);1-2H3. The van der Waals surface area contributed by atoms with Gasteiger partial charge >= 0.3 is 6.04 Å². The van der Waals surface area contributed by atoms with Crippen LogP contribution in [-0.2, 0) is 14.3 Å². The van der Waals surface area contributed by atoms with Gasteiger partial charge in [0, 0.05) is 19.6 Å². The van der Waals surface area contributed by atoms with E-state index in [-0.39, 0.29) is 25.3 Å². The van der Waals surface area contributed by atoms with Crippen molar-refractivity contribution in [2.24, 2.45) is 0 Å². The normalized spacial score (nSPS) is 9.00. The zero-order valence-electron chi connectivity index (χ0n) is 10.3. The number of carbonyl (C=O) groups is 2. The summed E-state index contributed by atoms with van der Waals surface area (Å²) in [7, 11) is 0. The molecule has 1 N–H and O–H groups in total. The molecule has 0 saturated heterocycles. The van der Waals surface area contributed by atoms with E-state index in [9.17, 15) is 14.0 Å². The van der Waals surface area contributed by atoms with Crippen LogP contribution in [-0.4, -0.2) is 31.7 Å². The van der Waals surface area contributed by atoms with Crippen LogP contribution in [0.2, 0.25) is 0 Å². The minimum atomic E-state index is -1.41. The summed E-state index contributed by atoms with van der Waals surface area (Å²) in [6.45, 7) is 7.04. The zero-order chi connectivity index (χ0) is 12.8. The number of rotatable bonds is 8. The van der Waals surface area contributed by atoms with Crippen LogP contribution in [0.1, 0.15) is 40.0 Å². The summed E-state index contributed by atoms with van der Waals surface area (Å²) in [5, 5.41) is 2.41. The van der Waals surface area contributed by atoms with Gasteiger partial charge in [0.2, 0.25) is 5.91 Å². The molecular formula is C11H22FNO3. The Labute approximate surface area is 96.5 Å². The minimum absolute atomic E-state index is 0.0575. The third kappa shape index (κ3) is 15.5. The summed E-state index contributed by atoms with van der Waals surface area (Å²) in [6, 6.07) is -1.41. The van der Waals surface area contributed by atoms with Gasteiger partial charge in [-0.1, -0.05) is 20.8 Å². The molecule has 0 aromatic carbocycles. The summed E-state index contributed by atoms with van der Waals surface area (Å²) in [5.41, 5.74) is 0. The highest BCUT2D eigenvalue weighted by molar-refractivity contribution is 5.76. The molecule has 1 amide bonds. The first-order valence-corrected chi connectivity index (χ1v) is 5.69. The highest BCUT2D eigenvalue weighted by Crippen LogP contribution is 1.87. The quantitative estimate of drug-likeness (QED) is 0.516. The minimum Gasteiger partial charge on any atom is -0.381 e. The molecule has 0 bridgehead atoms. The monoisotopic (exact) mass is 235 g/mol. The molecule has 0 unspecified atom stereocenters. The van der Waals surface area contributed by atoms with Gasteiger partial charge in [-0.2, -0.15) is 4.39 Å². The maximum Gasteiger partial charge on any atom is 0.303 e. The van der Waals surface area contributed by atoms with Crippen molar-refractivity contribution < 1.29 is 18.7 Å². The van der Waals surface area contributed by atoms with Crippen molar-refractivity contribution in [3.8, 4) is 0 Å². The molecule has 0 aliphatic rings. The number of hydrogen-bond donors (Lipinski definition) is 1. The van der Waals surface area contributed by atoms with Crippen molar-refractivity contribution in [3.05, 3.63) is 0 Å². The van der Waals surface area contributed by atoms with Gasteiger partial charge in [-0.15, -0.1) is 0 Å². The maximum atomic E-state index is 11.7. The van der Waals surface area contributed by atoms with Gasteiger partial charge in [0.05, 0.1) is 13.0 Å². The number of hydrogen-bond acceptors (Lipinski definition) is 3. The van der Waals surface area contributed by atoms with Crippen LogP contribution in [0, 0.1) is 0 Å². The molecule has 0 rings (SSSR count). The summed E-state index contributed by atoms with van der Waals surface area (Å²) < 4.78 is 16.8. The van der Waals surface area contributed by atoms with Crippen molar-refractivity contribution in [1.82, 2.24) is 5.32 Å². The van der Waals surface area contributed by atoms with E-state index >= 15 is 0 Å². The van der Waals surface area contributed by atoms with Crippen molar-refractivity contribution >= 4 is 11.9 Å². The molecule has 0 aliphatic heterocycles. The van der Waals surface area contributed by atoms with E-state index in [4.69, 9.17) is 4.74 Å². The highest BCUT2D eigenvalue weighted by Gasteiger charge is 2.02. The van der Waals surface area contributed by atoms with E-state index in [1.807, 2.05) is 20.8 Å². The van der Waals surface area contributed by atoms with Gasteiger partial charge in [0.1, 0.15) is 0 Å². The lowest BCUT2D eigenvalue weighted by Gasteiger charge is -2.03. The molecule has 0 aromatic rings. The van der Waals surface area contributed by atoms with Crippen LogP contribution >= 0.6 is 0 Å². The lowest BCUT2D eigenvalue weighted by Crippen LogP contribution is -2.26. The summed E-state index contributed by atoms with van der Waals surface area (Å²) in [6.07, 6.45) is 0.903. The summed E-state index contributed by atoms with van der Waals surface area (Å²) in [5.74, 6) is -0.220. The molecule has 96 valence electrons. The summed E-state index contributed by atoms with van der Waals surface area (Å²) >= 11 is 0. The number of amides is 1. The molecule has 0 atom stereocenters. The molecule has 0 heterocycles. The smallest absolute Gasteiger partial charge is 0.303 e. The van der Waals surface area contributed by atoms with Gasteiger partial charge in [0.15, 0.2) is 0 Å². The third-order valence-electron chi connectivity index (χ3n) is 1.47. The van der Waals surface area contributed by atoms with E-state index < -0.39 is 6.04 Å². The molecule has 4 nitrogen and oxygen atoms in total. The van der Waals surface area contributed by atoms with E-state index in [2.05, 4.69) is 5.32 Å². The average Bonchev–Trinajstić information content (AvgIpc) is 2.27. The Morgan fingerprint density at radius 2 is 1.81 bits per heavy atom. The Kier molecular flexibility index (Phi) is 15.3. The van der Waals surface area contributed by atoms with E-state index in [1.54, 1.807) is 0 Å². The van der Waals surface area contributed by atoms with Gasteiger partial charge in [-0.25, -0.2) is 0 Å². The molecule has 0 spiro atoms. The fraction of sp³-hybridized carbons (Fsp3) is 0.818. The lowest BCUT2D eigenvalue weighted by molar-refractivity contribution is -0.129. The van der Waals surface area contributed by atoms with E-state index in [0.717, 1.165) is 6.42 Å². The first-order valence-electron chi connectivity index (χ1n) is 5.69. The van der Waals surface area contributed by atoms with Gasteiger partial charge < -0.3 is 10.1 Å². The SMILES string of the molecule is CC.CCCOCCC(=O)NCCC(=O)F. The molecule has 0 aromatic heterocycles. The molecular weight excluding hydrogens is 213 g/mol. The first kappa shape index (κ1) is 17.4. The van der Waals surface area contributed by atoms with Gasteiger partial charge in [-0.05, 0) is 6.42 Å². The van der Waals surface area contributed by atoms with Crippen LogP contribution in [0.15, 0.2) is 0 Å². The Morgan fingerprint density at radius 1 is 1.19 bits per heavy atom. The second-order valence-electron chi connectivity index (χ2n) is 2.82. The largest absolute Gasteiger partial charge is 0.381 e. The van der Waals surface area contributed by atoms with Crippen molar-refractivity contribution in [3.63, 3.8) is 0 Å². The van der Waals surface area contributed by atoms with Gasteiger partial charge in [0.25, 0.3) is 0 Å². The Morgan fingerprint density at radius 3 is 2.31 bits per heavy atom. The topological polar surface area (TPSA) is 55.4 Å². The second-order valence-corrected chi connectivity index (χ2v) is 2.82. The molecule has 0 radical (unpaired) electrons. The number of halogens is 1. The van der Waals surface area contributed by atoms with Crippen molar-refractivity contribution in [2.45, 2.75) is 40.0 Å². The predicted octanol–water partition coefficient (Wildman–Crippen LogP) is 1.83. The van der Waals surface area contributed by atoms with E-state index in [1.165, 1.54) is 0 Å². The highest BCUT2D eigenvalue weighted by atomic mass is 19.1. The number of ether oxygens (including phenoxy) is 1. The molecule has 0 saturated carbocycles. The fourth-order valence-electron chi connectivity index (χ4n) is 0.800.